The Balaban J connectivity index is 2.32. The SMILES string of the molecule is CCOC(=O)COCCNc1c(F)cc(Br)cc1F. The van der Waals surface area contributed by atoms with Crippen LogP contribution in [0.2, 0.25) is 0 Å². The molecule has 1 rings (SSSR count). The average Bonchev–Trinajstić information content (AvgIpc) is 2.31. The molecule has 0 spiro atoms. The zero-order chi connectivity index (χ0) is 14.3. The van der Waals surface area contributed by atoms with E-state index in [1.807, 2.05) is 0 Å². The summed E-state index contributed by atoms with van der Waals surface area (Å²) in [5.41, 5.74) is -0.220. The zero-order valence-corrected chi connectivity index (χ0v) is 11.9. The molecule has 0 amide bonds. The third kappa shape index (κ3) is 5.52. The first-order chi connectivity index (χ1) is 9.04. The summed E-state index contributed by atoms with van der Waals surface area (Å²) < 4.78 is 36.8. The first-order valence-corrected chi connectivity index (χ1v) is 6.45. The molecule has 19 heavy (non-hydrogen) atoms. The van der Waals surface area contributed by atoms with Crippen LogP contribution in [0.25, 0.3) is 0 Å². The lowest BCUT2D eigenvalue weighted by molar-refractivity contribution is -0.148. The van der Waals surface area contributed by atoms with E-state index in [0.29, 0.717) is 4.47 Å². The standard InChI is InChI=1S/C12H14BrF2NO3/c1-2-19-11(17)7-18-4-3-16-12-9(14)5-8(13)6-10(12)15/h5-6,16H,2-4,7H2,1H3. The third-order valence-electron chi connectivity index (χ3n) is 2.08. The van der Waals surface area contributed by atoms with Gasteiger partial charge in [0.15, 0.2) is 0 Å². The molecule has 0 radical (unpaired) electrons. The van der Waals surface area contributed by atoms with Gasteiger partial charge in [-0.2, -0.15) is 0 Å². The normalized spacial score (nSPS) is 10.3. The maximum absolute atomic E-state index is 13.4. The fourth-order valence-corrected chi connectivity index (χ4v) is 1.72. The summed E-state index contributed by atoms with van der Waals surface area (Å²) in [5.74, 6) is -1.86. The van der Waals surface area contributed by atoms with Gasteiger partial charge >= 0.3 is 5.97 Å². The predicted octanol–water partition coefficient (Wildman–Crippen LogP) is 2.72. The van der Waals surface area contributed by atoms with Crippen LogP contribution in [-0.4, -0.2) is 32.3 Å². The van der Waals surface area contributed by atoms with Crippen molar-refractivity contribution in [2.24, 2.45) is 0 Å². The van der Waals surface area contributed by atoms with Crippen LogP contribution in [0.4, 0.5) is 14.5 Å². The van der Waals surface area contributed by atoms with Gasteiger partial charge in [-0.1, -0.05) is 15.9 Å². The summed E-state index contributed by atoms with van der Waals surface area (Å²) in [6.45, 7) is 2.11. The van der Waals surface area contributed by atoms with E-state index in [4.69, 9.17) is 4.74 Å². The van der Waals surface area contributed by atoms with Crippen molar-refractivity contribution >= 4 is 27.6 Å². The van der Waals surface area contributed by atoms with Gasteiger partial charge in [-0.25, -0.2) is 13.6 Å². The summed E-state index contributed by atoms with van der Waals surface area (Å²) >= 11 is 2.99. The van der Waals surface area contributed by atoms with Crippen molar-refractivity contribution in [1.82, 2.24) is 0 Å². The number of benzene rings is 1. The van der Waals surface area contributed by atoms with Gasteiger partial charge < -0.3 is 14.8 Å². The van der Waals surface area contributed by atoms with Crippen LogP contribution >= 0.6 is 15.9 Å². The van der Waals surface area contributed by atoms with Crippen LogP contribution in [0.5, 0.6) is 0 Å². The van der Waals surface area contributed by atoms with Crippen LogP contribution in [0.15, 0.2) is 16.6 Å². The van der Waals surface area contributed by atoms with Gasteiger partial charge in [-0.05, 0) is 19.1 Å². The van der Waals surface area contributed by atoms with Crippen molar-refractivity contribution in [3.8, 4) is 0 Å². The summed E-state index contributed by atoms with van der Waals surface area (Å²) in [6, 6.07) is 2.32. The number of hydrogen-bond donors (Lipinski definition) is 1. The summed E-state index contributed by atoms with van der Waals surface area (Å²) in [4.78, 5) is 10.9. The van der Waals surface area contributed by atoms with Crippen molar-refractivity contribution in [2.75, 3.05) is 31.7 Å². The Morgan fingerprint density at radius 1 is 1.37 bits per heavy atom. The smallest absolute Gasteiger partial charge is 0.332 e. The molecule has 0 aliphatic carbocycles. The number of halogens is 3. The fraction of sp³-hybridized carbons (Fsp3) is 0.417. The average molecular weight is 338 g/mol. The second-order valence-corrected chi connectivity index (χ2v) is 4.44. The van der Waals surface area contributed by atoms with Crippen LogP contribution in [0.3, 0.4) is 0 Å². The van der Waals surface area contributed by atoms with Crippen LogP contribution in [0, 0.1) is 11.6 Å². The lowest BCUT2D eigenvalue weighted by Crippen LogP contribution is -2.17. The van der Waals surface area contributed by atoms with E-state index in [1.165, 1.54) is 0 Å². The topological polar surface area (TPSA) is 47.6 Å². The highest BCUT2D eigenvalue weighted by Gasteiger charge is 2.09. The molecule has 4 nitrogen and oxygen atoms in total. The Bertz CT molecular complexity index is 420. The van der Waals surface area contributed by atoms with Crippen molar-refractivity contribution in [3.05, 3.63) is 28.2 Å². The van der Waals surface area contributed by atoms with E-state index < -0.39 is 17.6 Å². The molecule has 1 aromatic rings. The molecule has 1 aromatic carbocycles. The molecule has 0 aromatic heterocycles. The predicted molar refractivity (Wildman–Crippen MR) is 70.0 cm³/mol. The fourth-order valence-electron chi connectivity index (χ4n) is 1.32. The van der Waals surface area contributed by atoms with Crippen LogP contribution < -0.4 is 5.32 Å². The van der Waals surface area contributed by atoms with Gasteiger partial charge in [0.25, 0.3) is 0 Å². The number of carbonyl (C=O) groups excluding carboxylic acids is 1. The van der Waals surface area contributed by atoms with Crippen molar-refractivity contribution in [1.29, 1.82) is 0 Å². The molecule has 0 unspecified atom stereocenters. The zero-order valence-electron chi connectivity index (χ0n) is 10.3. The van der Waals surface area contributed by atoms with Crippen LogP contribution in [0.1, 0.15) is 6.92 Å². The Morgan fingerprint density at radius 3 is 2.58 bits per heavy atom. The van der Waals surface area contributed by atoms with Crippen molar-refractivity contribution < 1.29 is 23.0 Å². The van der Waals surface area contributed by atoms with Crippen LogP contribution in [-0.2, 0) is 14.3 Å². The minimum absolute atomic E-state index is 0.133. The van der Waals surface area contributed by atoms with Crippen molar-refractivity contribution in [2.45, 2.75) is 6.92 Å². The highest BCUT2D eigenvalue weighted by Crippen LogP contribution is 2.23. The van der Waals surface area contributed by atoms with E-state index >= 15 is 0 Å². The van der Waals surface area contributed by atoms with E-state index in [1.54, 1.807) is 6.92 Å². The molecule has 7 heteroatoms. The number of carbonyl (C=O) groups is 1. The second kappa shape index (κ2) is 8.06. The molecule has 0 heterocycles. The minimum atomic E-state index is -0.697. The van der Waals surface area contributed by atoms with Crippen molar-refractivity contribution in [3.63, 3.8) is 0 Å². The summed E-state index contributed by atoms with van der Waals surface area (Å²) in [7, 11) is 0. The number of anilines is 1. The number of nitrogens with one attached hydrogen (secondary N) is 1. The molecular formula is C12H14BrF2NO3. The largest absolute Gasteiger partial charge is 0.464 e. The quantitative estimate of drug-likeness (QED) is 0.614. The van der Waals surface area contributed by atoms with Gasteiger partial charge in [0.2, 0.25) is 0 Å². The highest BCUT2D eigenvalue weighted by molar-refractivity contribution is 9.10. The number of rotatable bonds is 7. The van der Waals surface area contributed by atoms with Gasteiger partial charge in [-0.15, -0.1) is 0 Å². The lowest BCUT2D eigenvalue weighted by atomic mass is 10.3. The molecule has 0 bridgehead atoms. The first kappa shape index (κ1) is 15.8. The third-order valence-corrected chi connectivity index (χ3v) is 2.54. The molecule has 0 fully saturated rings. The Hall–Kier alpha value is -1.21. The highest BCUT2D eigenvalue weighted by atomic mass is 79.9. The van der Waals surface area contributed by atoms with E-state index in [2.05, 4.69) is 26.0 Å². The molecule has 0 saturated heterocycles. The molecular weight excluding hydrogens is 324 g/mol. The Kier molecular flexibility index (Phi) is 6.72. The van der Waals surface area contributed by atoms with Gasteiger partial charge in [0.05, 0.1) is 13.2 Å². The lowest BCUT2D eigenvalue weighted by Gasteiger charge is -2.09. The monoisotopic (exact) mass is 337 g/mol. The molecule has 0 aliphatic heterocycles. The van der Waals surface area contributed by atoms with Gasteiger partial charge in [0.1, 0.15) is 23.9 Å². The summed E-state index contributed by atoms with van der Waals surface area (Å²) in [6.07, 6.45) is 0. The second-order valence-electron chi connectivity index (χ2n) is 3.53. The van der Waals surface area contributed by atoms with E-state index in [0.717, 1.165) is 12.1 Å². The number of hydrogen-bond acceptors (Lipinski definition) is 4. The maximum Gasteiger partial charge on any atom is 0.332 e. The molecule has 106 valence electrons. The number of esters is 1. The Labute approximate surface area is 118 Å². The molecule has 0 aliphatic rings. The molecule has 0 saturated carbocycles. The minimum Gasteiger partial charge on any atom is -0.464 e. The van der Waals surface area contributed by atoms with Gasteiger partial charge in [-0.3, -0.25) is 0 Å². The van der Waals surface area contributed by atoms with E-state index in [9.17, 15) is 13.6 Å². The molecule has 0 atom stereocenters. The Morgan fingerprint density at radius 2 is 2.00 bits per heavy atom. The maximum atomic E-state index is 13.4. The van der Waals surface area contributed by atoms with Gasteiger partial charge in [0, 0.05) is 11.0 Å². The summed E-state index contributed by atoms with van der Waals surface area (Å²) in [5, 5.41) is 2.57. The first-order valence-electron chi connectivity index (χ1n) is 5.66. The van der Waals surface area contributed by atoms with E-state index in [-0.39, 0.29) is 32.1 Å². The molecule has 1 N–H and O–H groups in total. The number of ether oxygens (including phenoxy) is 2.